The molecule has 0 aromatic heterocycles. The third-order valence-electron chi connectivity index (χ3n) is 3.59. The van der Waals surface area contributed by atoms with Crippen molar-refractivity contribution in [2.45, 2.75) is 39.2 Å². The molecule has 1 unspecified atom stereocenters. The molecule has 0 saturated carbocycles. The van der Waals surface area contributed by atoms with Crippen LogP contribution >= 0.6 is 0 Å². The molecule has 1 atom stereocenters. The molecular formula is C16H25N3O. The predicted molar refractivity (Wildman–Crippen MR) is 83.1 cm³/mol. The smallest absolute Gasteiger partial charge is 0.216 e. The number of anilines is 1. The summed E-state index contributed by atoms with van der Waals surface area (Å²) < 4.78 is 0. The summed E-state index contributed by atoms with van der Waals surface area (Å²) >= 11 is 0. The highest BCUT2D eigenvalue weighted by atomic mass is 16.1. The van der Waals surface area contributed by atoms with Gasteiger partial charge in [-0.3, -0.25) is 4.79 Å². The number of rotatable bonds is 7. The highest BCUT2D eigenvalue weighted by Crippen LogP contribution is 2.26. The molecule has 3 N–H and O–H groups in total. The van der Waals surface area contributed by atoms with Crippen LogP contribution in [0.15, 0.2) is 18.2 Å². The summed E-state index contributed by atoms with van der Waals surface area (Å²) in [5.41, 5.74) is 4.14. The molecule has 0 saturated heterocycles. The first-order valence-electron chi connectivity index (χ1n) is 7.48. The molecule has 2 rings (SSSR count). The first-order chi connectivity index (χ1) is 9.65. The number of hydrogen-bond acceptors (Lipinski definition) is 3. The minimum absolute atomic E-state index is 0.0472. The van der Waals surface area contributed by atoms with Crippen molar-refractivity contribution in [3.05, 3.63) is 29.3 Å². The van der Waals surface area contributed by atoms with E-state index in [2.05, 4.69) is 41.1 Å². The van der Waals surface area contributed by atoms with Gasteiger partial charge in [0.15, 0.2) is 0 Å². The van der Waals surface area contributed by atoms with Gasteiger partial charge in [-0.2, -0.15) is 0 Å². The van der Waals surface area contributed by atoms with Crippen molar-refractivity contribution >= 4 is 11.6 Å². The second-order valence-corrected chi connectivity index (χ2v) is 5.58. The summed E-state index contributed by atoms with van der Waals surface area (Å²) in [5.74, 6) is 0.0472. The molecule has 20 heavy (non-hydrogen) atoms. The fourth-order valence-corrected chi connectivity index (χ4v) is 2.59. The quantitative estimate of drug-likeness (QED) is 0.664. The van der Waals surface area contributed by atoms with E-state index >= 15 is 0 Å². The van der Waals surface area contributed by atoms with Crippen LogP contribution in [0.5, 0.6) is 0 Å². The van der Waals surface area contributed by atoms with E-state index in [-0.39, 0.29) is 5.91 Å². The maximum Gasteiger partial charge on any atom is 0.216 e. The van der Waals surface area contributed by atoms with Gasteiger partial charge in [-0.15, -0.1) is 0 Å². The topological polar surface area (TPSA) is 53.2 Å². The summed E-state index contributed by atoms with van der Waals surface area (Å²) in [6, 6.07) is 7.30. The van der Waals surface area contributed by atoms with Gasteiger partial charge < -0.3 is 16.0 Å². The highest BCUT2D eigenvalue weighted by molar-refractivity contribution is 5.72. The molecule has 1 aliphatic rings. The van der Waals surface area contributed by atoms with Crippen LogP contribution in [0, 0.1) is 0 Å². The Hall–Kier alpha value is -1.55. The molecule has 1 aliphatic heterocycles. The van der Waals surface area contributed by atoms with Crippen molar-refractivity contribution in [2.75, 3.05) is 25.0 Å². The maximum atomic E-state index is 10.7. The second kappa shape index (κ2) is 7.29. The number of benzene rings is 1. The number of carbonyl (C=O) groups is 1. The molecule has 0 radical (unpaired) electrons. The average Bonchev–Trinajstić information content (AvgIpc) is 2.76. The molecule has 1 amide bonds. The van der Waals surface area contributed by atoms with Gasteiger partial charge in [-0.05, 0) is 56.5 Å². The van der Waals surface area contributed by atoms with E-state index in [1.54, 1.807) is 6.92 Å². The molecule has 1 aromatic rings. The van der Waals surface area contributed by atoms with Crippen LogP contribution in [0.3, 0.4) is 0 Å². The van der Waals surface area contributed by atoms with Crippen LogP contribution in [-0.4, -0.2) is 31.6 Å². The summed E-state index contributed by atoms with van der Waals surface area (Å²) in [7, 11) is 0. The summed E-state index contributed by atoms with van der Waals surface area (Å²) in [6.45, 7) is 6.46. The van der Waals surface area contributed by atoms with Gasteiger partial charge in [0.05, 0.1) is 0 Å². The van der Waals surface area contributed by atoms with E-state index in [0.717, 1.165) is 38.9 Å². The summed E-state index contributed by atoms with van der Waals surface area (Å²) in [5, 5.41) is 9.69. The predicted octanol–water partition coefficient (Wildman–Crippen LogP) is 1.70. The monoisotopic (exact) mass is 275 g/mol. The molecule has 0 bridgehead atoms. The molecule has 1 aromatic carbocycles. The normalized spacial score (nSPS) is 16.6. The number of amides is 1. The molecule has 0 spiro atoms. The lowest BCUT2D eigenvalue weighted by molar-refractivity contribution is -0.118. The Balaban J connectivity index is 1.63. The van der Waals surface area contributed by atoms with Gasteiger partial charge in [-0.1, -0.05) is 12.1 Å². The number of fused-ring (bicyclic) bond motifs is 1. The Bertz CT molecular complexity index is 459. The maximum absolute atomic E-state index is 10.7. The van der Waals surface area contributed by atoms with Gasteiger partial charge in [0.1, 0.15) is 0 Å². The molecular weight excluding hydrogens is 250 g/mol. The van der Waals surface area contributed by atoms with Crippen molar-refractivity contribution in [1.29, 1.82) is 0 Å². The molecule has 0 fully saturated rings. The van der Waals surface area contributed by atoms with Crippen LogP contribution in [0.2, 0.25) is 0 Å². The van der Waals surface area contributed by atoms with Gasteiger partial charge in [0, 0.05) is 25.2 Å². The van der Waals surface area contributed by atoms with Crippen molar-refractivity contribution in [1.82, 2.24) is 10.6 Å². The Morgan fingerprint density at radius 1 is 1.35 bits per heavy atom. The molecule has 1 heterocycles. The lowest BCUT2D eigenvalue weighted by Gasteiger charge is -2.07. The largest absolute Gasteiger partial charge is 0.382 e. The number of nitrogens with one attached hydrogen (secondary N) is 3. The van der Waals surface area contributed by atoms with Gasteiger partial charge in [0.25, 0.3) is 0 Å². The molecule has 4 heteroatoms. The zero-order valence-corrected chi connectivity index (χ0v) is 12.5. The SMILES string of the molecule is CC(=O)NCCCNCCc1ccc2c(c1)CC(C)N2. The first-order valence-corrected chi connectivity index (χ1v) is 7.48. The number of carbonyl (C=O) groups excluding carboxylic acids is 1. The standard InChI is InChI=1S/C16H25N3O/c1-12-10-15-11-14(4-5-16(15)19-12)6-9-17-7-3-8-18-13(2)20/h4-5,11-12,17,19H,3,6-10H2,1-2H3,(H,18,20). The number of hydrogen-bond donors (Lipinski definition) is 3. The van der Waals surface area contributed by atoms with E-state index in [1.807, 2.05) is 0 Å². The van der Waals surface area contributed by atoms with Gasteiger partial charge in [-0.25, -0.2) is 0 Å². The van der Waals surface area contributed by atoms with Crippen LogP contribution < -0.4 is 16.0 Å². The Kier molecular flexibility index (Phi) is 5.41. The average molecular weight is 275 g/mol. The van der Waals surface area contributed by atoms with Crippen molar-refractivity contribution in [3.8, 4) is 0 Å². The zero-order valence-electron chi connectivity index (χ0n) is 12.5. The third-order valence-corrected chi connectivity index (χ3v) is 3.59. The van der Waals surface area contributed by atoms with E-state index in [4.69, 9.17) is 0 Å². The highest BCUT2D eigenvalue weighted by Gasteiger charge is 2.16. The lowest BCUT2D eigenvalue weighted by Crippen LogP contribution is -2.26. The fourth-order valence-electron chi connectivity index (χ4n) is 2.59. The molecule has 0 aliphatic carbocycles. The van der Waals surface area contributed by atoms with E-state index in [0.29, 0.717) is 6.04 Å². The molecule has 4 nitrogen and oxygen atoms in total. The van der Waals surface area contributed by atoms with Crippen molar-refractivity contribution in [2.24, 2.45) is 0 Å². The van der Waals surface area contributed by atoms with Crippen molar-refractivity contribution in [3.63, 3.8) is 0 Å². The fraction of sp³-hybridized carbons (Fsp3) is 0.562. The van der Waals surface area contributed by atoms with Gasteiger partial charge >= 0.3 is 0 Å². The third kappa shape index (κ3) is 4.53. The van der Waals surface area contributed by atoms with Crippen LogP contribution in [-0.2, 0) is 17.6 Å². The van der Waals surface area contributed by atoms with E-state index in [1.165, 1.54) is 16.8 Å². The van der Waals surface area contributed by atoms with E-state index < -0.39 is 0 Å². The van der Waals surface area contributed by atoms with Crippen LogP contribution in [0.1, 0.15) is 31.4 Å². The lowest BCUT2D eigenvalue weighted by atomic mass is 10.0. The van der Waals surface area contributed by atoms with Gasteiger partial charge in [0.2, 0.25) is 5.91 Å². The van der Waals surface area contributed by atoms with Crippen molar-refractivity contribution < 1.29 is 4.79 Å². The first kappa shape index (κ1) is 14.9. The Morgan fingerprint density at radius 2 is 2.20 bits per heavy atom. The Morgan fingerprint density at radius 3 is 3.00 bits per heavy atom. The van der Waals surface area contributed by atoms with Crippen LogP contribution in [0.4, 0.5) is 5.69 Å². The Labute approximate surface area is 121 Å². The second-order valence-electron chi connectivity index (χ2n) is 5.58. The minimum Gasteiger partial charge on any atom is -0.382 e. The van der Waals surface area contributed by atoms with Crippen LogP contribution in [0.25, 0.3) is 0 Å². The molecule has 110 valence electrons. The summed E-state index contributed by atoms with van der Waals surface area (Å²) in [4.78, 5) is 10.7. The zero-order chi connectivity index (χ0) is 14.4. The minimum atomic E-state index is 0.0472. The van der Waals surface area contributed by atoms with E-state index in [9.17, 15) is 4.79 Å². The summed E-state index contributed by atoms with van der Waals surface area (Å²) in [6.07, 6.45) is 3.17.